The van der Waals surface area contributed by atoms with E-state index in [-0.39, 0.29) is 6.04 Å². The number of nitrogens with two attached hydrogens (primary N) is 1. The van der Waals surface area contributed by atoms with Gasteiger partial charge in [-0.25, -0.2) is 4.68 Å². The van der Waals surface area contributed by atoms with Crippen LogP contribution in [-0.2, 0) is 6.54 Å². The van der Waals surface area contributed by atoms with E-state index >= 15 is 0 Å². The molecule has 0 bridgehead atoms. The highest BCUT2D eigenvalue weighted by atomic mass is 15.4. The molecule has 0 radical (unpaired) electrons. The maximum Gasteiger partial charge on any atom is 0.0919 e. The van der Waals surface area contributed by atoms with Crippen LogP contribution in [0, 0.1) is 0 Å². The van der Waals surface area contributed by atoms with E-state index in [0.29, 0.717) is 0 Å². The van der Waals surface area contributed by atoms with Crippen molar-refractivity contribution in [3.63, 3.8) is 0 Å². The van der Waals surface area contributed by atoms with Gasteiger partial charge in [0, 0.05) is 18.1 Å². The van der Waals surface area contributed by atoms with Crippen molar-refractivity contribution in [2.45, 2.75) is 25.9 Å². The Morgan fingerprint density at radius 2 is 2.10 bits per heavy atom. The van der Waals surface area contributed by atoms with Crippen molar-refractivity contribution in [1.82, 2.24) is 20.0 Å². The molecule has 2 aromatic heterocycles. The molecule has 0 spiro atoms. The molecule has 0 saturated carbocycles. The third kappa shape index (κ3) is 2.16. The molecule has 1 atom stereocenters. The molecule has 1 unspecified atom stereocenters. The largest absolute Gasteiger partial charge is 0.318 e. The minimum atomic E-state index is -0.317. The summed E-state index contributed by atoms with van der Waals surface area (Å²) in [5.41, 5.74) is 8.16. The highest BCUT2D eigenvalue weighted by molar-refractivity contribution is 5.84. The molecular weight excluding hydrogens is 250 g/mol. The smallest absolute Gasteiger partial charge is 0.0919 e. The summed E-state index contributed by atoms with van der Waals surface area (Å²) in [6.07, 6.45) is 4.52. The van der Waals surface area contributed by atoms with Crippen molar-refractivity contribution in [2.24, 2.45) is 5.73 Å². The van der Waals surface area contributed by atoms with Gasteiger partial charge in [0.2, 0.25) is 0 Å². The van der Waals surface area contributed by atoms with Gasteiger partial charge in [-0.05, 0) is 17.9 Å². The molecule has 3 aromatic rings. The number of aryl methyl sites for hydroxylation is 1. The van der Waals surface area contributed by atoms with Crippen molar-refractivity contribution in [3.8, 4) is 0 Å². The van der Waals surface area contributed by atoms with E-state index in [1.165, 1.54) is 0 Å². The second kappa shape index (κ2) is 5.38. The molecule has 0 fully saturated rings. The van der Waals surface area contributed by atoms with Gasteiger partial charge in [-0.1, -0.05) is 36.4 Å². The Morgan fingerprint density at radius 3 is 2.95 bits per heavy atom. The van der Waals surface area contributed by atoms with Gasteiger partial charge in [-0.15, -0.1) is 5.10 Å². The molecule has 5 heteroatoms. The van der Waals surface area contributed by atoms with Crippen LogP contribution in [-0.4, -0.2) is 20.0 Å². The maximum atomic E-state index is 6.39. The minimum absolute atomic E-state index is 0.317. The van der Waals surface area contributed by atoms with Crippen LogP contribution in [0.5, 0.6) is 0 Å². The molecule has 0 saturated heterocycles. The second-order valence-corrected chi connectivity index (χ2v) is 4.78. The third-order valence-electron chi connectivity index (χ3n) is 3.40. The number of benzene rings is 1. The summed E-state index contributed by atoms with van der Waals surface area (Å²) in [6, 6.07) is 9.80. The first kappa shape index (κ1) is 12.7. The molecular formula is C15H17N5. The van der Waals surface area contributed by atoms with Crippen LogP contribution in [0.3, 0.4) is 0 Å². The average molecular weight is 267 g/mol. The highest BCUT2D eigenvalue weighted by Crippen LogP contribution is 2.24. The Kier molecular flexibility index (Phi) is 3.43. The zero-order chi connectivity index (χ0) is 13.9. The lowest BCUT2D eigenvalue weighted by Gasteiger charge is -2.14. The van der Waals surface area contributed by atoms with Crippen LogP contribution in [0.25, 0.3) is 10.8 Å². The van der Waals surface area contributed by atoms with Gasteiger partial charge < -0.3 is 5.73 Å². The Bertz CT molecular complexity index is 714. The lowest BCUT2D eigenvalue weighted by molar-refractivity contribution is 0.542. The fourth-order valence-corrected chi connectivity index (χ4v) is 2.42. The first-order valence-corrected chi connectivity index (χ1v) is 6.79. The minimum Gasteiger partial charge on any atom is -0.318 e. The summed E-state index contributed by atoms with van der Waals surface area (Å²) < 4.78 is 1.86. The van der Waals surface area contributed by atoms with E-state index in [1.54, 1.807) is 12.4 Å². The van der Waals surface area contributed by atoms with Crippen LogP contribution in [0.15, 0.2) is 42.7 Å². The fourth-order valence-electron chi connectivity index (χ4n) is 2.42. The molecule has 20 heavy (non-hydrogen) atoms. The third-order valence-corrected chi connectivity index (χ3v) is 3.40. The van der Waals surface area contributed by atoms with E-state index < -0.39 is 0 Å². The molecule has 0 aliphatic rings. The Hall–Kier alpha value is -2.27. The predicted molar refractivity (Wildman–Crippen MR) is 78.1 cm³/mol. The van der Waals surface area contributed by atoms with Crippen LogP contribution >= 0.6 is 0 Å². The molecule has 102 valence electrons. The molecule has 5 nitrogen and oxygen atoms in total. The number of hydrogen-bond acceptors (Lipinski definition) is 4. The van der Waals surface area contributed by atoms with Crippen LogP contribution in [0.1, 0.15) is 30.8 Å². The van der Waals surface area contributed by atoms with E-state index in [9.17, 15) is 0 Å². The number of rotatable bonds is 4. The number of fused-ring (bicyclic) bond motifs is 1. The van der Waals surface area contributed by atoms with E-state index in [0.717, 1.165) is 35.1 Å². The summed E-state index contributed by atoms with van der Waals surface area (Å²) in [5, 5.41) is 10.3. The van der Waals surface area contributed by atoms with Gasteiger partial charge in [0.25, 0.3) is 0 Å². The summed E-state index contributed by atoms with van der Waals surface area (Å²) in [4.78, 5) is 4.47. The number of nitrogens with zero attached hydrogens (tertiary/aromatic N) is 4. The summed E-state index contributed by atoms with van der Waals surface area (Å²) in [5.74, 6) is 0. The maximum absolute atomic E-state index is 6.39. The Morgan fingerprint density at radius 1 is 1.25 bits per heavy atom. The summed E-state index contributed by atoms with van der Waals surface area (Å²) in [7, 11) is 0. The quantitative estimate of drug-likeness (QED) is 0.787. The van der Waals surface area contributed by atoms with Gasteiger partial charge >= 0.3 is 0 Å². The van der Waals surface area contributed by atoms with E-state index in [1.807, 2.05) is 28.9 Å². The van der Waals surface area contributed by atoms with Gasteiger partial charge in [-0.2, -0.15) is 0 Å². The molecule has 1 aromatic carbocycles. The van der Waals surface area contributed by atoms with Crippen LogP contribution in [0.4, 0.5) is 0 Å². The van der Waals surface area contributed by atoms with Gasteiger partial charge in [-0.3, -0.25) is 4.98 Å². The standard InChI is InChI=1S/C15H17N5/c1-2-9-20-13(10-18-19-20)14(16)15-12-6-4-3-5-11(12)7-8-17-15/h3-8,10,14H,2,9,16H2,1H3. The highest BCUT2D eigenvalue weighted by Gasteiger charge is 2.18. The normalized spacial score (nSPS) is 12.7. The Balaban J connectivity index is 2.08. The lowest BCUT2D eigenvalue weighted by Crippen LogP contribution is -2.19. The number of aromatic nitrogens is 4. The van der Waals surface area contributed by atoms with Crippen molar-refractivity contribution in [3.05, 3.63) is 54.1 Å². The SMILES string of the molecule is CCCn1nncc1C(N)c1nccc2ccccc12. The molecule has 3 rings (SSSR count). The first-order chi connectivity index (χ1) is 9.81. The molecule has 0 aliphatic carbocycles. The second-order valence-electron chi connectivity index (χ2n) is 4.78. The zero-order valence-electron chi connectivity index (χ0n) is 11.4. The van der Waals surface area contributed by atoms with E-state index in [4.69, 9.17) is 5.73 Å². The van der Waals surface area contributed by atoms with Crippen molar-refractivity contribution < 1.29 is 0 Å². The average Bonchev–Trinajstić information content (AvgIpc) is 2.94. The van der Waals surface area contributed by atoms with Crippen LogP contribution in [0.2, 0.25) is 0 Å². The topological polar surface area (TPSA) is 69.6 Å². The predicted octanol–water partition coefficient (Wildman–Crippen LogP) is 2.28. The van der Waals surface area contributed by atoms with Gasteiger partial charge in [0.15, 0.2) is 0 Å². The van der Waals surface area contributed by atoms with Crippen molar-refractivity contribution in [1.29, 1.82) is 0 Å². The van der Waals surface area contributed by atoms with Crippen molar-refractivity contribution in [2.75, 3.05) is 0 Å². The Labute approximate surface area is 117 Å². The molecule has 0 amide bonds. The molecule has 0 aliphatic heterocycles. The van der Waals surface area contributed by atoms with Crippen molar-refractivity contribution >= 4 is 10.8 Å². The van der Waals surface area contributed by atoms with Gasteiger partial charge in [0.05, 0.1) is 23.6 Å². The van der Waals surface area contributed by atoms with E-state index in [2.05, 4.69) is 28.3 Å². The lowest BCUT2D eigenvalue weighted by atomic mass is 10.0. The van der Waals surface area contributed by atoms with Gasteiger partial charge in [0.1, 0.15) is 0 Å². The molecule has 2 N–H and O–H groups in total. The summed E-state index contributed by atoms with van der Waals surface area (Å²) >= 11 is 0. The number of pyridine rings is 1. The molecule has 2 heterocycles. The number of hydrogen-bond donors (Lipinski definition) is 1. The van der Waals surface area contributed by atoms with Crippen LogP contribution < -0.4 is 5.73 Å². The first-order valence-electron chi connectivity index (χ1n) is 6.79. The fraction of sp³-hybridized carbons (Fsp3) is 0.267. The zero-order valence-corrected chi connectivity index (χ0v) is 11.4. The summed E-state index contributed by atoms with van der Waals surface area (Å²) in [6.45, 7) is 2.92. The monoisotopic (exact) mass is 267 g/mol.